The van der Waals surface area contributed by atoms with Crippen molar-refractivity contribution < 1.29 is 19.7 Å². The first-order valence-corrected chi connectivity index (χ1v) is 5.20. The molecule has 1 aromatic rings. The van der Waals surface area contributed by atoms with E-state index in [4.69, 9.17) is 9.47 Å². The number of phenols is 1. The van der Waals surface area contributed by atoms with Gasteiger partial charge in [-0.15, -0.1) is 0 Å². The lowest BCUT2D eigenvalue weighted by Crippen LogP contribution is -2.22. The lowest BCUT2D eigenvalue weighted by molar-refractivity contribution is -0.0269. The lowest BCUT2D eigenvalue weighted by atomic mass is 10.2. The molecule has 0 heterocycles. The van der Waals surface area contributed by atoms with Crippen molar-refractivity contribution >= 4 is 0 Å². The van der Waals surface area contributed by atoms with Crippen LogP contribution in [0.2, 0.25) is 0 Å². The first-order valence-electron chi connectivity index (χ1n) is 5.20. The second kappa shape index (κ2) is 5.72. The maximum absolute atomic E-state index is 9.39. The number of hydrogen-bond donors (Lipinski definition) is 2. The fourth-order valence-corrected chi connectivity index (χ4v) is 1.18. The lowest BCUT2D eigenvalue weighted by Gasteiger charge is -2.16. The third-order valence-corrected chi connectivity index (χ3v) is 2.44. The third kappa shape index (κ3) is 3.40. The summed E-state index contributed by atoms with van der Waals surface area (Å²) in [5, 5.41) is 18.6. The number of ether oxygens (including phenoxy) is 2. The Bertz CT molecular complexity index is 336. The van der Waals surface area contributed by atoms with Crippen LogP contribution in [0.1, 0.15) is 19.4 Å². The molecule has 4 nitrogen and oxygen atoms in total. The van der Waals surface area contributed by atoms with Crippen LogP contribution in [0.4, 0.5) is 0 Å². The van der Waals surface area contributed by atoms with Gasteiger partial charge >= 0.3 is 0 Å². The molecule has 0 fully saturated rings. The van der Waals surface area contributed by atoms with Crippen LogP contribution in [0.25, 0.3) is 0 Å². The Morgan fingerprint density at radius 3 is 2.56 bits per heavy atom. The molecule has 2 unspecified atom stereocenters. The number of hydrogen-bond acceptors (Lipinski definition) is 4. The van der Waals surface area contributed by atoms with E-state index >= 15 is 0 Å². The zero-order valence-electron chi connectivity index (χ0n) is 9.80. The van der Waals surface area contributed by atoms with Gasteiger partial charge in [0, 0.05) is 0 Å². The summed E-state index contributed by atoms with van der Waals surface area (Å²) in [5.74, 6) is 0.528. The third-order valence-electron chi connectivity index (χ3n) is 2.44. The minimum absolute atomic E-state index is 0.106. The Labute approximate surface area is 95.4 Å². The van der Waals surface area contributed by atoms with Crippen LogP contribution in [0.3, 0.4) is 0 Å². The normalized spacial score (nSPS) is 14.5. The molecule has 0 aliphatic heterocycles. The summed E-state index contributed by atoms with van der Waals surface area (Å²) in [7, 11) is 1.50. The van der Waals surface area contributed by atoms with Crippen molar-refractivity contribution in [1.29, 1.82) is 0 Å². The number of rotatable bonds is 5. The highest BCUT2D eigenvalue weighted by Crippen LogP contribution is 2.26. The van der Waals surface area contributed by atoms with Crippen molar-refractivity contribution in [1.82, 2.24) is 0 Å². The van der Waals surface area contributed by atoms with E-state index < -0.39 is 6.10 Å². The minimum Gasteiger partial charge on any atom is -0.504 e. The van der Waals surface area contributed by atoms with Crippen molar-refractivity contribution in [2.45, 2.75) is 32.7 Å². The average Bonchev–Trinajstić information content (AvgIpc) is 2.27. The van der Waals surface area contributed by atoms with Gasteiger partial charge < -0.3 is 19.7 Å². The van der Waals surface area contributed by atoms with E-state index in [1.807, 2.05) is 6.92 Å². The largest absolute Gasteiger partial charge is 0.504 e. The molecule has 1 rings (SSSR count). The van der Waals surface area contributed by atoms with Gasteiger partial charge in [-0.25, -0.2) is 0 Å². The molecule has 0 saturated heterocycles. The first-order chi connectivity index (χ1) is 7.54. The molecule has 4 heteroatoms. The molecular formula is C12H18O4. The van der Waals surface area contributed by atoms with Crippen molar-refractivity contribution in [2.75, 3.05) is 7.11 Å². The van der Waals surface area contributed by atoms with E-state index in [0.717, 1.165) is 5.56 Å². The summed E-state index contributed by atoms with van der Waals surface area (Å²) in [6.45, 7) is 3.87. The molecular weight excluding hydrogens is 208 g/mol. The van der Waals surface area contributed by atoms with Crippen LogP contribution in [-0.2, 0) is 11.3 Å². The van der Waals surface area contributed by atoms with Gasteiger partial charge in [-0.3, -0.25) is 0 Å². The molecule has 0 aliphatic carbocycles. The van der Waals surface area contributed by atoms with Gasteiger partial charge in [-0.2, -0.15) is 0 Å². The Kier molecular flexibility index (Phi) is 4.58. The highest BCUT2D eigenvalue weighted by Gasteiger charge is 2.09. The molecule has 0 amide bonds. The molecule has 2 N–H and O–H groups in total. The van der Waals surface area contributed by atoms with Crippen LogP contribution in [0.15, 0.2) is 18.2 Å². The van der Waals surface area contributed by atoms with Crippen LogP contribution < -0.4 is 4.74 Å². The van der Waals surface area contributed by atoms with Crippen molar-refractivity contribution in [3.63, 3.8) is 0 Å². The van der Waals surface area contributed by atoms with E-state index in [0.29, 0.717) is 12.4 Å². The zero-order chi connectivity index (χ0) is 12.1. The highest BCUT2D eigenvalue weighted by molar-refractivity contribution is 5.41. The second-order valence-corrected chi connectivity index (χ2v) is 3.76. The molecule has 90 valence electrons. The summed E-state index contributed by atoms with van der Waals surface area (Å²) in [6.07, 6.45) is -0.723. The fourth-order valence-electron chi connectivity index (χ4n) is 1.18. The summed E-state index contributed by atoms with van der Waals surface area (Å²) in [5.41, 5.74) is 0.891. The van der Waals surface area contributed by atoms with Gasteiger partial charge in [0.25, 0.3) is 0 Å². The van der Waals surface area contributed by atoms with Gasteiger partial charge in [-0.05, 0) is 31.5 Å². The van der Waals surface area contributed by atoms with E-state index in [2.05, 4.69) is 0 Å². The standard InChI is InChI=1S/C12H18O4/c1-8(13)9(2)16-7-10-4-5-11(14)12(6-10)15-3/h4-6,8-9,13-14H,7H2,1-3H3. The van der Waals surface area contributed by atoms with Gasteiger partial charge in [-0.1, -0.05) is 6.07 Å². The first kappa shape index (κ1) is 12.8. The van der Waals surface area contributed by atoms with Gasteiger partial charge in [0.05, 0.1) is 25.9 Å². The number of methoxy groups -OCH3 is 1. The molecule has 0 bridgehead atoms. The average molecular weight is 226 g/mol. The zero-order valence-corrected chi connectivity index (χ0v) is 9.80. The quantitative estimate of drug-likeness (QED) is 0.802. The minimum atomic E-state index is -0.501. The van der Waals surface area contributed by atoms with Crippen molar-refractivity contribution in [2.24, 2.45) is 0 Å². The van der Waals surface area contributed by atoms with Crippen LogP contribution in [0, 0.1) is 0 Å². The van der Waals surface area contributed by atoms with Gasteiger partial charge in [0.2, 0.25) is 0 Å². The van der Waals surface area contributed by atoms with Crippen LogP contribution >= 0.6 is 0 Å². The molecule has 0 saturated carbocycles. The van der Waals surface area contributed by atoms with Crippen molar-refractivity contribution in [3.05, 3.63) is 23.8 Å². The predicted octanol–water partition coefficient (Wildman–Crippen LogP) is 1.69. The van der Waals surface area contributed by atoms with E-state index in [-0.39, 0.29) is 11.9 Å². The number of benzene rings is 1. The highest BCUT2D eigenvalue weighted by atomic mass is 16.5. The van der Waals surface area contributed by atoms with Gasteiger partial charge in [0.15, 0.2) is 11.5 Å². The molecule has 16 heavy (non-hydrogen) atoms. The molecule has 0 aliphatic rings. The van der Waals surface area contributed by atoms with Crippen molar-refractivity contribution in [3.8, 4) is 11.5 Å². The summed E-state index contributed by atoms with van der Waals surface area (Å²) >= 11 is 0. The summed E-state index contributed by atoms with van der Waals surface area (Å²) in [4.78, 5) is 0. The maximum Gasteiger partial charge on any atom is 0.160 e. The molecule has 0 aromatic heterocycles. The second-order valence-electron chi connectivity index (χ2n) is 3.76. The van der Waals surface area contributed by atoms with Gasteiger partial charge in [0.1, 0.15) is 0 Å². The topological polar surface area (TPSA) is 58.9 Å². The van der Waals surface area contributed by atoms with E-state index in [9.17, 15) is 10.2 Å². The summed E-state index contributed by atoms with van der Waals surface area (Å²) < 4.78 is 10.4. The number of aromatic hydroxyl groups is 1. The smallest absolute Gasteiger partial charge is 0.160 e. The Hall–Kier alpha value is -1.26. The Balaban J connectivity index is 2.61. The fraction of sp³-hybridized carbons (Fsp3) is 0.500. The molecule has 0 radical (unpaired) electrons. The SMILES string of the molecule is COc1cc(COC(C)C(C)O)ccc1O. The molecule has 0 spiro atoms. The molecule has 2 atom stereocenters. The van der Waals surface area contributed by atoms with Crippen LogP contribution in [0.5, 0.6) is 11.5 Å². The van der Waals surface area contributed by atoms with E-state index in [1.54, 1.807) is 25.1 Å². The van der Waals surface area contributed by atoms with Crippen LogP contribution in [-0.4, -0.2) is 29.5 Å². The predicted molar refractivity (Wildman–Crippen MR) is 60.6 cm³/mol. The monoisotopic (exact) mass is 226 g/mol. The van der Waals surface area contributed by atoms with E-state index in [1.165, 1.54) is 7.11 Å². The number of phenolic OH excluding ortho intramolecular Hbond substituents is 1. The number of aliphatic hydroxyl groups is 1. The number of aliphatic hydroxyl groups excluding tert-OH is 1. The summed E-state index contributed by atoms with van der Waals surface area (Å²) in [6, 6.07) is 5.03. The maximum atomic E-state index is 9.39. The Morgan fingerprint density at radius 2 is 2.00 bits per heavy atom. The Morgan fingerprint density at radius 1 is 1.31 bits per heavy atom. The molecule has 1 aromatic carbocycles.